The van der Waals surface area contributed by atoms with Crippen molar-refractivity contribution in [3.8, 4) is 0 Å². The monoisotopic (exact) mass is 456 g/mol. The van der Waals surface area contributed by atoms with E-state index in [9.17, 15) is 4.79 Å². The molecule has 0 spiro atoms. The van der Waals surface area contributed by atoms with Gasteiger partial charge in [-0.05, 0) is 50.6 Å². The van der Waals surface area contributed by atoms with Gasteiger partial charge in [-0.1, -0.05) is 56.4 Å². The number of hydrogen-bond acceptors (Lipinski definition) is 6. The smallest absolute Gasteiger partial charge is 0.227 e. The van der Waals surface area contributed by atoms with E-state index in [-0.39, 0.29) is 22.7 Å². The third-order valence-corrected chi connectivity index (χ3v) is 8.29. The average molecular weight is 457 g/mol. The number of benzene rings is 1. The maximum Gasteiger partial charge on any atom is 0.227 e. The fourth-order valence-electron chi connectivity index (χ4n) is 4.18. The minimum Gasteiger partial charge on any atom is -0.396 e. The Bertz CT molecular complexity index is 659. The lowest BCUT2D eigenvalue weighted by Gasteiger charge is -2.60. The van der Waals surface area contributed by atoms with Crippen molar-refractivity contribution in [1.82, 2.24) is 5.32 Å². The van der Waals surface area contributed by atoms with Crippen LogP contribution in [-0.4, -0.2) is 45.2 Å². The van der Waals surface area contributed by atoms with E-state index in [0.717, 1.165) is 29.3 Å². The molecule has 0 unspecified atom stereocenters. The summed E-state index contributed by atoms with van der Waals surface area (Å²) in [6.07, 6.45) is 2.68. The predicted octanol–water partition coefficient (Wildman–Crippen LogP) is 4.25. The summed E-state index contributed by atoms with van der Waals surface area (Å²) in [5.74, 6) is 0.705. The van der Waals surface area contributed by atoms with E-state index in [1.54, 1.807) is 18.8 Å². The van der Waals surface area contributed by atoms with Crippen molar-refractivity contribution >= 4 is 45.2 Å². The molecule has 4 nitrogen and oxygen atoms in total. The number of amides is 1. The lowest BCUT2D eigenvalue weighted by molar-refractivity contribution is -0.149. The van der Waals surface area contributed by atoms with Crippen LogP contribution in [0, 0.1) is 10.8 Å². The van der Waals surface area contributed by atoms with E-state index < -0.39 is 5.41 Å². The topological polar surface area (TPSA) is 75.3 Å². The van der Waals surface area contributed by atoms with Gasteiger partial charge in [0.2, 0.25) is 5.91 Å². The van der Waals surface area contributed by atoms with Crippen molar-refractivity contribution in [2.75, 3.05) is 26.0 Å². The lowest BCUT2D eigenvalue weighted by atomic mass is 9.47. The highest BCUT2D eigenvalue weighted by atomic mass is 32.2. The summed E-state index contributed by atoms with van der Waals surface area (Å²) in [5, 5.41) is 11.9. The van der Waals surface area contributed by atoms with Gasteiger partial charge < -0.3 is 16.2 Å². The second-order valence-corrected chi connectivity index (χ2v) is 12.3. The first-order chi connectivity index (χ1) is 13.6. The zero-order valence-corrected chi connectivity index (χ0v) is 20.7. The maximum atomic E-state index is 12.9. The molecule has 0 radical (unpaired) electrons. The van der Waals surface area contributed by atoms with Gasteiger partial charge in [0.25, 0.3) is 0 Å². The summed E-state index contributed by atoms with van der Waals surface area (Å²) >= 11 is 8.56. The Morgan fingerprint density at radius 2 is 1.86 bits per heavy atom. The number of aliphatic hydroxyl groups excluding tert-OH is 1. The number of rotatable bonds is 7. The zero-order chi connectivity index (χ0) is 22.1. The van der Waals surface area contributed by atoms with Crippen molar-refractivity contribution in [2.24, 2.45) is 16.6 Å². The Labute approximate surface area is 190 Å². The van der Waals surface area contributed by atoms with E-state index >= 15 is 0 Å². The van der Waals surface area contributed by atoms with Crippen LogP contribution in [0.4, 0.5) is 0 Å². The number of thiocarbonyl (C=S) groups is 1. The Kier molecular flexibility index (Phi) is 10.7. The average Bonchev–Trinajstić information content (AvgIpc) is 2.64. The van der Waals surface area contributed by atoms with Gasteiger partial charge in [0, 0.05) is 17.5 Å². The first kappa shape index (κ1) is 26.4. The Morgan fingerprint density at radius 1 is 1.31 bits per heavy atom. The number of nitrogens with two attached hydrogens (primary N) is 1. The van der Waals surface area contributed by atoms with Crippen molar-refractivity contribution < 1.29 is 9.90 Å². The zero-order valence-electron chi connectivity index (χ0n) is 18.3. The maximum absolute atomic E-state index is 12.9. The Balaban J connectivity index is 0.00000132. The van der Waals surface area contributed by atoms with Gasteiger partial charge in [-0.15, -0.1) is 23.5 Å². The predicted molar refractivity (Wildman–Crippen MR) is 133 cm³/mol. The summed E-state index contributed by atoms with van der Waals surface area (Å²) in [4.78, 5) is 12.9. The molecule has 1 aromatic carbocycles. The largest absolute Gasteiger partial charge is 0.396 e. The van der Waals surface area contributed by atoms with Crippen LogP contribution in [0.5, 0.6) is 0 Å². The van der Waals surface area contributed by atoms with E-state index in [1.807, 2.05) is 13.0 Å². The van der Waals surface area contributed by atoms with Crippen LogP contribution in [0.3, 0.4) is 0 Å². The SMILES string of the molecule is CCN.CNC(=O)C1(C(C)(C)SC(=S)SCCO)CC(C)(Cc2ccccc2)C1. The first-order valence-electron chi connectivity index (χ1n) is 10.0. The number of carbonyl (C=O) groups is 1. The molecule has 0 atom stereocenters. The summed E-state index contributed by atoms with van der Waals surface area (Å²) in [7, 11) is 1.72. The second kappa shape index (κ2) is 11.7. The van der Waals surface area contributed by atoms with Gasteiger partial charge in [-0.25, -0.2) is 0 Å². The lowest BCUT2D eigenvalue weighted by Crippen LogP contribution is -2.63. The van der Waals surface area contributed by atoms with Crippen molar-refractivity contribution in [3.63, 3.8) is 0 Å². The number of carbonyl (C=O) groups excluding carboxylic acids is 1. The molecule has 1 amide bonds. The van der Waals surface area contributed by atoms with Gasteiger partial charge in [0.1, 0.15) is 3.53 Å². The van der Waals surface area contributed by atoms with Crippen LogP contribution in [0.1, 0.15) is 46.1 Å². The Morgan fingerprint density at radius 3 is 2.34 bits per heavy atom. The molecule has 1 aliphatic carbocycles. The van der Waals surface area contributed by atoms with Crippen molar-refractivity contribution in [3.05, 3.63) is 35.9 Å². The molecule has 1 fully saturated rings. The molecular weight excluding hydrogens is 420 g/mol. The third kappa shape index (κ3) is 6.96. The minimum atomic E-state index is -0.431. The molecule has 7 heteroatoms. The van der Waals surface area contributed by atoms with E-state index in [2.05, 4.69) is 50.4 Å². The summed E-state index contributed by atoms with van der Waals surface area (Å²) < 4.78 is 0.493. The molecular formula is C22H36N2O2S3. The number of nitrogens with one attached hydrogen (secondary N) is 1. The van der Waals surface area contributed by atoms with Crippen LogP contribution in [0.25, 0.3) is 0 Å². The molecule has 1 aliphatic rings. The molecule has 0 aromatic heterocycles. The quantitative estimate of drug-likeness (QED) is 0.533. The fourth-order valence-corrected chi connectivity index (χ4v) is 7.28. The molecule has 4 N–H and O–H groups in total. The normalized spacial score (nSPS) is 23.4. The molecule has 164 valence electrons. The minimum absolute atomic E-state index is 0.107. The van der Waals surface area contributed by atoms with Crippen LogP contribution in [-0.2, 0) is 11.2 Å². The molecule has 0 saturated heterocycles. The molecule has 1 saturated carbocycles. The molecule has 2 rings (SSSR count). The van der Waals surface area contributed by atoms with Crippen LogP contribution < -0.4 is 11.1 Å². The highest BCUT2D eigenvalue weighted by molar-refractivity contribution is 8.47. The molecule has 29 heavy (non-hydrogen) atoms. The van der Waals surface area contributed by atoms with Gasteiger partial charge in [-0.3, -0.25) is 4.79 Å². The van der Waals surface area contributed by atoms with Gasteiger partial charge in [-0.2, -0.15) is 0 Å². The molecule has 0 heterocycles. The van der Waals surface area contributed by atoms with Gasteiger partial charge in [0.05, 0.1) is 12.0 Å². The van der Waals surface area contributed by atoms with E-state index in [1.165, 1.54) is 17.3 Å². The molecule has 1 aromatic rings. The third-order valence-electron chi connectivity index (χ3n) is 5.39. The number of thioether (sulfide) groups is 2. The van der Waals surface area contributed by atoms with Crippen LogP contribution in [0.15, 0.2) is 30.3 Å². The number of hydrogen-bond donors (Lipinski definition) is 3. The van der Waals surface area contributed by atoms with Crippen molar-refractivity contribution in [1.29, 1.82) is 0 Å². The highest BCUT2D eigenvalue weighted by Gasteiger charge is 2.63. The fraction of sp³-hybridized carbons (Fsp3) is 0.636. The molecule has 0 aliphatic heterocycles. The van der Waals surface area contributed by atoms with Crippen LogP contribution >= 0.6 is 35.7 Å². The van der Waals surface area contributed by atoms with Gasteiger partial charge in [0.15, 0.2) is 0 Å². The second-order valence-electron chi connectivity index (χ2n) is 8.33. The standard InChI is InChI=1S/C20H29NO2S3.C2H7N/c1-18(2,26-17(24)25-11-10-22)20(16(23)21-4)13-19(3,14-20)12-15-8-6-5-7-9-15;1-2-3/h5-9,22H,10-14H2,1-4H3,(H,21,23);2-3H2,1H3. The summed E-state index contributed by atoms with van der Waals surface area (Å²) in [6, 6.07) is 10.5. The first-order valence-corrected chi connectivity index (χ1v) is 12.2. The van der Waals surface area contributed by atoms with Crippen LogP contribution in [0.2, 0.25) is 0 Å². The number of aliphatic hydroxyl groups is 1. The Hall–Kier alpha value is -0.600. The van der Waals surface area contributed by atoms with Gasteiger partial charge >= 0.3 is 0 Å². The van der Waals surface area contributed by atoms with E-state index in [4.69, 9.17) is 23.1 Å². The summed E-state index contributed by atoms with van der Waals surface area (Å²) in [6.45, 7) is 9.30. The summed E-state index contributed by atoms with van der Waals surface area (Å²) in [5.41, 5.74) is 5.85. The highest BCUT2D eigenvalue weighted by Crippen LogP contribution is 2.64. The van der Waals surface area contributed by atoms with E-state index in [0.29, 0.717) is 5.75 Å². The molecule has 0 bridgehead atoms. The van der Waals surface area contributed by atoms with Crippen molar-refractivity contribution in [2.45, 2.75) is 51.7 Å².